The SMILES string of the molecule is CCOCCN(C)c1cccc(OC)c1[C@H](C)N. The minimum absolute atomic E-state index is 0.0642. The lowest BCUT2D eigenvalue weighted by Crippen LogP contribution is -2.25. The van der Waals surface area contributed by atoms with Crippen LogP contribution in [-0.2, 0) is 4.74 Å². The van der Waals surface area contributed by atoms with E-state index in [0.717, 1.165) is 30.2 Å². The molecule has 1 aromatic carbocycles. The summed E-state index contributed by atoms with van der Waals surface area (Å²) in [6.07, 6.45) is 0. The summed E-state index contributed by atoms with van der Waals surface area (Å²) in [6, 6.07) is 5.92. The van der Waals surface area contributed by atoms with E-state index in [4.69, 9.17) is 15.2 Å². The lowest BCUT2D eigenvalue weighted by Gasteiger charge is -2.25. The number of ether oxygens (including phenoxy) is 2. The number of hydrogen-bond donors (Lipinski definition) is 1. The molecule has 2 N–H and O–H groups in total. The number of likely N-dealkylation sites (N-methyl/N-ethyl adjacent to an activating group) is 1. The van der Waals surface area contributed by atoms with Gasteiger partial charge in [0.15, 0.2) is 0 Å². The predicted molar refractivity (Wildman–Crippen MR) is 75.4 cm³/mol. The van der Waals surface area contributed by atoms with Crippen molar-refractivity contribution in [3.63, 3.8) is 0 Å². The minimum atomic E-state index is -0.0642. The smallest absolute Gasteiger partial charge is 0.125 e. The molecule has 0 radical (unpaired) electrons. The van der Waals surface area contributed by atoms with Crippen molar-refractivity contribution in [3.8, 4) is 5.75 Å². The second kappa shape index (κ2) is 7.24. The van der Waals surface area contributed by atoms with Gasteiger partial charge in [0.25, 0.3) is 0 Å². The summed E-state index contributed by atoms with van der Waals surface area (Å²) >= 11 is 0. The van der Waals surface area contributed by atoms with Gasteiger partial charge in [-0.1, -0.05) is 6.07 Å². The maximum atomic E-state index is 6.05. The Balaban J connectivity index is 2.92. The zero-order chi connectivity index (χ0) is 13.5. The number of hydrogen-bond acceptors (Lipinski definition) is 4. The lowest BCUT2D eigenvalue weighted by molar-refractivity contribution is 0.154. The number of nitrogens with two attached hydrogens (primary N) is 1. The Bertz CT molecular complexity index is 367. The van der Waals surface area contributed by atoms with E-state index in [-0.39, 0.29) is 6.04 Å². The Morgan fingerprint density at radius 1 is 1.39 bits per heavy atom. The topological polar surface area (TPSA) is 47.7 Å². The molecule has 0 aromatic heterocycles. The normalized spacial score (nSPS) is 12.3. The Hall–Kier alpha value is -1.26. The largest absolute Gasteiger partial charge is 0.496 e. The first-order valence-corrected chi connectivity index (χ1v) is 6.33. The molecule has 0 fully saturated rings. The molecule has 18 heavy (non-hydrogen) atoms. The molecule has 0 bridgehead atoms. The molecule has 0 spiro atoms. The quantitative estimate of drug-likeness (QED) is 0.756. The van der Waals surface area contributed by atoms with Crippen LogP contribution in [0.4, 0.5) is 5.69 Å². The van der Waals surface area contributed by atoms with Gasteiger partial charge in [-0.3, -0.25) is 0 Å². The molecular formula is C14H24N2O2. The monoisotopic (exact) mass is 252 g/mol. The number of rotatable bonds is 7. The number of methoxy groups -OCH3 is 1. The van der Waals surface area contributed by atoms with Crippen LogP contribution in [0.5, 0.6) is 5.75 Å². The van der Waals surface area contributed by atoms with Crippen LogP contribution in [-0.4, -0.2) is 33.9 Å². The van der Waals surface area contributed by atoms with Crippen molar-refractivity contribution in [1.29, 1.82) is 0 Å². The van der Waals surface area contributed by atoms with E-state index < -0.39 is 0 Å². The maximum Gasteiger partial charge on any atom is 0.125 e. The van der Waals surface area contributed by atoms with Gasteiger partial charge in [0.2, 0.25) is 0 Å². The van der Waals surface area contributed by atoms with E-state index in [9.17, 15) is 0 Å². The average molecular weight is 252 g/mol. The second-order valence-corrected chi connectivity index (χ2v) is 4.30. The zero-order valence-corrected chi connectivity index (χ0v) is 11.8. The van der Waals surface area contributed by atoms with Crippen molar-refractivity contribution in [3.05, 3.63) is 23.8 Å². The molecule has 1 atom stereocenters. The first-order chi connectivity index (χ1) is 8.61. The van der Waals surface area contributed by atoms with Crippen LogP contribution in [0.2, 0.25) is 0 Å². The van der Waals surface area contributed by atoms with E-state index in [2.05, 4.69) is 11.0 Å². The van der Waals surface area contributed by atoms with Crippen molar-refractivity contribution in [2.75, 3.05) is 38.8 Å². The van der Waals surface area contributed by atoms with Crippen LogP contribution < -0.4 is 15.4 Å². The molecule has 0 saturated carbocycles. The van der Waals surface area contributed by atoms with Crippen LogP contribution in [0.3, 0.4) is 0 Å². The summed E-state index contributed by atoms with van der Waals surface area (Å²) in [5.41, 5.74) is 8.19. The summed E-state index contributed by atoms with van der Waals surface area (Å²) in [6.45, 7) is 6.26. The van der Waals surface area contributed by atoms with Gasteiger partial charge >= 0.3 is 0 Å². The van der Waals surface area contributed by atoms with Gasteiger partial charge in [-0.2, -0.15) is 0 Å². The number of nitrogens with zero attached hydrogens (tertiary/aromatic N) is 1. The highest BCUT2D eigenvalue weighted by Gasteiger charge is 2.15. The molecule has 1 aromatic rings. The van der Waals surface area contributed by atoms with Gasteiger partial charge < -0.3 is 20.1 Å². The molecule has 0 aliphatic rings. The summed E-state index contributed by atoms with van der Waals surface area (Å²) in [5.74, 6) is 0.839. The molecule has 0 aliphatic carbocycles. The van der Waals surface area contributed by atoms with Gasteiger partial charge in [-0.15, -0.1) is 0 Å². The third-order valence-electron chi connectivity index (χ3n) is 2.90. The van der Waals surface area contributed by atoms with Crippen molar-refractivity contribution >= 4 is 5.69 Å². The molecule has 0 saturated heterocycles. The highest BCUT2D eigenvalue weighted by atomic mass is 16.5. The molecule has 1 rings (SSSR count). The van der Waals surface area contributed by atoms with E-state index >= 15 is 0 Å². The fraction of sp³-hybridized carbons (Fsp3) is 0.571. The van der Waals surface area contributed by atoms with Crippen molar-refractivity contribution in [1.82, 2.24) is 0 Å². The fourth-order valence-corrected chi connectivity index (χ4v) is 1.97. The predicted octanol–water partition coefficient (Wildman–Crippen LogP) is 2.19. The van der Waals surface area contributed by atoms with Gasteiger partial charge in [-0.05, 0) is 26.0 Å². The standard InChI is InChI=1S/C14H24N2O2/c1-5-18-10-9-16(3)12-7-6-8-13(17-4)14(12)11(2)15/h6-8,11H,5,9-10,15H2,1-4H3/t11-/m0/s1. The van der Waals surface area contributed by atoms with E-state index in [1.807, 2.05) is 33.0 Å². The molecule has 0 heterocycles. The van der Waals surface area contributed by atoms with E-state index in [1.165, 1.54) is 0 Å². The fourth-order valence-electron chi connectivity index (χ4n) is 1.97. The van der Waals surface area contributed by atoms with Gasteiger partial charge in [0.1, 0.15) is 5.75 Å². The molecule has 0 unspecified atom stereocenters. The Kier molecular flexibility index (Phi) is 5.95. The summed E-state index contributed by atoms with van der Waals surface area (Å²) < 4.78 is 10.8. The Morgan fingerprint density at radius 2 is 2.11 bits per heavy atom. The van der Waals surface area contributed by atoms with Crippen molar-refractivity contribution in [2.24, 2.45) is 5.73 Å². The van der Waals surface area contributed by atoms with Crippen LogP contribution in [0.1, 0.15) is 25.5 Å². The van der Waals surface area contributed by atoms with Gasteiger partial charge in [0, 0.05) is 37.5 Å². The third-order valence-corrected chi connectivity index (χ3v) is 2.90. The van der Waals surface area contributed by atoms with Crippen LogP contribution in [0.15, 0.2) is 18.2 Å². The minimum Gasteiger partial charge on any atom is -0.496 e. The first-order valence-electron chi connectivity index (χ1n) is 6.33. The molecular weight excluding hydrogens is 228 g/mol. The summed E-state index contributed by atoms with van der Waals surface area (Å²) in [5, 5.41) is 0. The van der Waals surface area contributed by atoms with E-state index in [0.29, 0.717) is 6.61 Å². The highest BCUT2D eigenvalue weighted by molar-refractivity contribution is 5.60. The molecule has 4 heteroatoms. The molecule has 4 nitrogen and oxygen atoms in total. The van der Waals surface area contributed by atoms with Crippen molar-refractivity contribution in [2.45, 2.75) is 19.9 Å². The Labute approximate surface area is 110 Å². The summed E-state index contributed by atoms with van der Waals surface area (Å²) in [7, 11) is 3.71. The average Bonchev–Trinajstić information content (AvgIpc) is 2.37. The maximum absolute atomic E-state index is 6.05. The second-order valence-electron chi connectivity index (χ2n) is 4.30. The summed E-state index contributed by atoms with van der Waals surface area (Å²) in [4.78, 5) is 2.15. The van der Waals surface area contributed by atoms with Crippen LogP contribution in [0, 0.1) is 0 Å². The van der Waals surface area contributed by atoms with Gasteiger partial charge in [-0.25, -0.2) is 0 Å². The first kappa shape index (κ1) is 14.8. The number of benzene rings is 1. The van der Waals surface area contributed by atoms with Crippen LogP contribution in [0.25, 0.3) is 0 Å². The zero-order valence-electron chi connectivity index (χ0n) is 11.8. The molecule has 0 aliphatic heterocycles. The van der Waals surface area contributed by atoms with Crippen LogP contribution >= 0.6 is 0 Å². The number of anilines is 1. The van der Waals surface area contributed by atoms with Gasteiger partial charge in [0.05, 0.1) is 13.7 Å². The highest BCUT2D eigenvalue weighted by Crippen LogP contribution is 2.32. The molecule has 0 amide bonds. The lowest BCUT2D eigenvalue weighted by atomic mass is 10.0. The Morgan fingerprint density at radius 3 is 2.67 bits per heavy atom. The third kappa shape index (κ3) is 3.62. The molecule has 102 valence electrons. The van der Waals surface area contributed by atoms with Crippen molar-refractivity contribution < 1.29 is 9.47 Å². The van der Waals surface area contributed by atoms with E-state index in [1.54, 1.807) is 7.11 Å².